The van der Waals surface area contributed by atoms with Gasteiger partial charge in [-0.05, 0) is 67.7 Å². The minimum atomic E-state index is -0.675. The van der Waals surface area contributed by atoms with Gasteiger partial charge in [0.2, 0.25) is 12.3 Å². The fourth-order valence-electron chi connectivity index (χ4n) is 6.64. The summed E-state index contributed by atoms with van der Waals surface area (Å²) in [6, 6.07) is 16.0. The maximum Gasteiger partial charge on any atom is 0.318 e. The van der Waals surface area contributed by atoms with Crippen molar-refractivity contribution >= 4 is 29.3 Å². The molecule has 4 amide bonds. The number of fused-ring (bicyclic) bond motifs is 3. The van der Waals surface area contributed by atoms with Crippen molar-refractivity contribution in [3.8, 4) is 0 Å². The molecule has 1 spiro atoms. The predicted octanol–water partition coefficient (Wildman–Crippen LogP) is 4.23. The van der Waals surface area contributed by atoms with Gasteiger partial charge in [0.05, 0.1) is 0 Å². The lowest BCUT2D eigenvalue weighted by atomic mass is 9.73. The summed E-state index contributed by atoms with van der Waals surface area (Å²) in [6.45, 7) is 8.21. The summed E-state index contributed by atoms with van der Waals surface area (Å²) in [7, 11) is 3.38. The Hall–Kier alpha value is -3.85. The molecule has 4 N–H and O–H groups in total. The Morgan fingerprint density at radius 3 is 2.35 bits per heavy atom. The summed E-state index contributed by atoms with van der Waals surface area (Å²) in [4.78, 5) is 45.5. The molecule has 3 aromatic rings. The molecular weight excluding hydrogens is 540 g/mol. The van der Waals surface area contributed by atoms with Gasteiger partial charge in [0.25, 0.3) is 0 Å². The first-order valence-electron chi connectivity index (χ1n) is 15.4. The number of carbonyl (C=O) groups excluding carboxylic acids is 3. The van der Waals surface area contributed by atoms with Gasteiger partial charge in [0, 0.05) is 69.3 Å². The van der Waals surface area contributed by atoms with Crippen LogP contribution in [-0.4, -0.2) is 90.4 Å². The standard InChI is InChI=1S/C31H41N5O2.C3H7NO/c1-21(2)36(19-16-32)30(38)34-28(22(3)25-20-33-27-11-7-5-9-24(25)27)29(37)35-17-14-31(15-18-35)13-12-23-8-4-6-10-26(23)31;1-4(2)3-5/h4-11,20-22,28,33H,12-19,32H2,1-3H3,(H,34,38);3H,1-2H3/t22-,28?;/m1./s1. The van der Waals surface area contributed by atoms with E-state index < -0.39 is 6.04 Å². The van der Waals surface area contributed by atoms with Crippen LogP contribution in [0.2, 0.25) is 0 Å². The zero-order valence-corrected chi connectivity index (χ0v) is 26.3. The van der Waals surface area contributed by atoms with E-state index in [2.05, 4.69) is 40.6 Å². The minimum Gasteiger partial charge on any atom is -0.361 e. The molecule has 9 heteroatoms. The molecule has 1 aromatic heterocycles. The fourth-order valence-corrected chi connectivity index (χ4v) is 6.64. The van der Waals surface area contributed by atoms with Gasteiger partial charge in [-0.2, -0.15) is 0 Å². The third-order valence-corrected chi connectivity index (χ3v) is 9.12. The normalized spacial score (nSPS) is 16.7. The van der Waals surface area contributed by atoms with E-state index in [4.69, 9.17) is 5.73 Å². The molecule has 2 heterocycles. The molecule has 43 heavy (non-hydrogen) atoms. The number of H-pyrrole nitrogens is 1. The third-order valence-electron chi connectivity index (χ3n) is 9.12. The van der Waals surface area contributed by atoms with Crippen LogP contribution in [0, 0.1) is 0 Å². The van der Waals surface area contributed by atoms with Crippen LogP contribution in [0.3, 0.4) is 0 Å². The van der Waals surface area contributed by atoms with E-state index in [0.717, 1.165) is 48.6 Å². The summed E-state index contributed by atoms with van der Waals surface area (Å²) in [5.74, 6) is -0.216. The second kappa shape index (κ2) is 14.1. The Morgan fingerprint density at radius 1 is 1.05 bits per heavy atom. The molecule has 0 bridgehead atoms. The van der Waals surface area contributed by atoms with E-state index in [9.17, 15) is 14.4 Å². The third kappa shape index (κ3) is 7.04. The molecule has 2 aliphatic rings. The maximum atomic E-state index is 14.2. The number of nitrogens with one attached hydrogen (secondary N) is 2. The highest BCUT2D eigenvalue weighted by atomic mass is 16.2. The quantitative estimate of drug-likeness (QED) is 0.342. The summed E-state index contributed by atoms with van der Waals surface area (Å²) in [5, 5.41) is 4.21. The second-order valence-corrected chi connectivity index (χ2v) is 12.4. The highest BCUT2D eigenvalue weighted by Crippen LogP contribution is 2.46. The number of benzene rings is 2. The number of amides is 4. The van der Waals surface area contributed by atoms with Crippen molar-refractivity contribution in [2.45, 2.75) is 69.9 Å². The van der Waals surface area contributed by atoms with E-state index in [1.165, 1.54) is 16.0 Å². The van der Waals surface area contributed by atoms with Crippen LogP contribution in [-0.2, 0) is 21.4 Å². The molecule has 1 aliphatic heterocycles. The van der Waals surface area contributed by atoms with Crippen LogP contribution in [0.5, 0.6) is 0 Å². The molecule has 9 nitrogen and oxygen atoms in total. The molecule has 1 unspecified atom stereocenters. The lowest BCUT2D eigenvalue weighted by Crippen LogP contribution is -2.57. The van der Waals surface area contributed by atoms with Gasteiger partial charge < -0.3 is 30.7 Å². The first-order chi connectivity index (χ1) is 20.6. The van der Waals surface area contributed by atoms with Crippen LogP contribution < -0.4 is 11.1 Å². The first-order valence-corrected chi connectivity index (χ1v) is 15.4. The molecule has 1 saturated heterocycles. The predicted molar refractivity (Wildman–Crippen MR) is 172 cm³/mol. The van der Waals surface area contributed by atoms with Gasteiger partial charge in [-0.25, -0.2) is 4.79 Å². The van der Waals surface area contributed by atoms with Crippen molar-refractivity contribution < 1.29 is 14.4 Å². The van der Waals surface area contributed by atoms with Gasteiger partial charge in [0.15, 0.2) is 0 Å². The molecule has 0 saturated carbocycles. The van der Waals surface area contributed by atoms with Crippen LogP contribution >= 0.6 is 0 Å². The Kier molecular flexibility index (Phi) is 10.5. The number of carbonyl (C=O) groups is 3. The average Bonchev–Trinajstić information content (AvgIpc) is 3.60. The Bertz CT molecular complexity index is 1390. The van der Waals surface area contributed by atoms with E-state index in [1.54, 1.807) is 19.0 Å². The van der Waals surface area contributed by atoms with E-state index in [-0.39, 0.29) is 29.3 Å². The number of likely N-dealkylation sites (tertiary alicyclic amines) is 1. The summed E-state index contributed by atoms with van der Waals surface area (Å²) in [5.41, 5.74) is 11.0. The van der Waals surface area contributed by atoms with Crippen molar-refractivity contribution in [2.24, 2.45) is 5.73 Å². The first kappa shape index (κ1) is 32.1. The zero-order chi connectivity index (χ0) is 31.1. The smallest absolute Gasteiger partial charge is 0.318 e. The van der Waals surface area contributed by atoms with Gasteiger partial charge in [-0.1, -0.05) is 49.4 Å². The van der Waals surface area contributed by atoms with Crippen molar-refractivity contribution in [1.82, 2.24) is 25.0 Å². The van der Waals surface area contributed by atoms with Crippen LogP contribution in [0.25, 0.3) is 10.9 Å². The van der Waals surface area contributed by atoms with Crippen molar-refractivity contribution in [3.63, 3.8) is 0 Å². The molecular formula is C34H48N6O3. The summed E-state index contributed by atoms with van der Waals surface area (Å²) in [6.07, 6.45) is 6.92. The fraction of sp³-hybridized carbons (Fsp3) is 0.500. The maximum absolute atomic E-state index is 14.2. The number of urea groups is 1. The van der Waals surface area contributed by atoms with Gasteiger partial charge in [-0.3, -0.25) is 9.59 Å². The molecule has 5 rings (SSSR count). The number of aromatic amines is 1. The minimum absolute atomic E-state index is 0.00582. The monoisotopic (exact) mass is 588 g/mol. The number of rotatable bonds is 8. The average molecular weight is 589 g/mol. The Balaban J connectivity index is 0.000000782. The number of hydrogen-bond acceptors (Lipinski definition) is 4. The summed E-state index contributed by atoms with van der Waals surface area (Å²) >= 11 is 0. The SMILES string of the molecule is CC(C)N(CCN)C(=O)NC(C(=O)N1CCC2(CCc3ccccc32)CC1)[C@H](C)c1c[nH]c2ccccc12.CN(C)C=O. The van der Waals surface area contributed by atoms with Crippen LogP contribution in [0.15, 0.2) is 54.7 Å². The largest absolute Gasteiger partial charge is 0.361 e. The van der Waals surface area contributed by atoms with Crippen molar-refractivity contribution in [2.75, 3.05) is 40.3 Å². The van der Waals surface area contributed by atoms with E-state index in [0.29, 0.717) is 26.2 Å². The van der Waals surface area contributed by atoms with Gasteiger partial charge in [0.1, 0.15) is 6.04 Å². The second-order valence-electron chi connectivity index (χ2n) is 12.4. The van der Waals surface area contributed by atoms with Gasteiger partial charge in [-0.15, -0.1) is 0 Å². The molecule has 2 aromatic carbocycles. The number of para-hydroxylation sites is 1. The lowest BCUT2D eigenvalue weighted by Gasteiger charge is -2.42. The molecule has 1 fully saturated rings. The van der Waals surface area contributed by atoms with E-state index in [1.807, 2.05) is 50.1 Å². The number of piperidine rings is 1. The van der Waals surface area contributed by atoms with Crippen LogP contribution in [0.4, 0.5) is 4.79 Å². The number of hydrogen-bond donors (Lipinski definition) is 3. The van der Waals surface area contributed by atoms with Gasteiger partial charge >= 0.3 is 6.03 Å². The molecule has 0 radical (unpaired) electrons. The topological polar surface area (TPSA) is 115 Å². The Labute approximate surface area is 255 Å². The number of aryl methyl sites for hydroxylation is 1. The lowest BCUT2D eigenvalue weighted by molar-refractivity contribution is -0.135. The molecule has 232 valence electrons. The van der Waals surface area contributed by atoms with Crippen molar-refractivity contribution in [3.05, 3.63) is 71.4 Å². The zero-order valence-electron chi connectivity index (χ0n) is 26.3. The molecule has 2 atom stereocenters. The van der Waals surface area contributed by atoms with Crippen LogP contribution in [0.1, 0.15) is 62.6 Å². The number of aromatic nitrogens is 1. The number of nitrogens with two attached hydrogens (primary N) is 1. The Morgan fingerprint density at radius 2 is 1.70 bits per heavy atom. The highest BCUT2D eigenvalue weighted by Gasteiger charge is 2.43. The summed E-state index contributed by atoms with van der Waals surface area (Å²) < 4.78 is 0. The molecule has 1 aliphatic carbocycles. The van der Waals surface area contributed by atoms with Crippen molar-refractivity contribution in [1.29, 1.82) is 0 Å². The van der Waals surface area contributed by atoms with E-state index >= 15 is 0 Å². The highest BCUT2D eigenvalue weighted by molar-refractivity contribution is 5.90. The number of nitrogens with zero attached hydrogens (tertiary/aromatic N) is 3.